The average molecular weight is 348 g/mol. The summed E-state index contributed by atoms with van der Waals surface area (Å²) in [6, 6.07) is 6.01. The molecule has 1 fully saturated rings. The van der Waals surface area contributed by atoms with E-state index in [0.29, 0.717) is 30.4 Å². The number of nitrogens with one attached hydrogen (secondary N) is 1. The van der Waals surface area contributed by atoms with E-state index in [1.165, 1.54) is 32.1 Å². The average Bonchev–Trinajstić information content (AvgIpc) is 2.62. The highest BCUT2D eigenvalue weighted by Gasteiger charge is 2.20. The highest BCUT2D eigenvalue weighted by Crippen LogP contribution is 2.31. The summed E-state index contributed by atoms with van der Waals surface area (Å²) in [5, 5.41) is 3.12. The van der Waals surface area contributed by atoms with Crippen molar-refractivity contribution in [1.82, 2.24) is 10.2 Å². The van der Waals surface area contributed by atoms with Gasteiger partial charge in [-0.15, -0.1) is 0 Å². The third-order valence-corrected chi connectivity index (χ3v) is 5.11. The molecule has 0 aliphatic heterocycles. The van der Waals surface area contributed by atoms with Gasteiger partial charge in [0.1, 0.15) is 0 Å². The molecule has 0 aromatic heterocycles. The van der Waals surface area contributed by atoms with Crippen LogP contribution in [-0.2, 0) is 4.79 Å². The Bertz CT molecular complexity index is 554. The zero-order valence-electron chi connectivity index (χ0n) is 16.0. The quantitative estimate of drug-likeness (QED) is 0.782. The standard InChI is InChI=1S/C20H32N2O3/c1-22(2)17(16-10-11-18(24-3)19(13-16)25-4)14-21-20(23)12-15-8-6-5-7-9-15/h10-11,13,15,17H,5-9,12,14H2,1-4H3,(H,21,23)/t17-/m1/s1. The summed E-state index contributed by atoms with van der Waals surface area (Å²) in [6.45, 7) is 0.591. The lowest BCUT2D eigenvalue weighted by Crippen LogP contribution is -2.35. The third kappa shape index (κ3) is 5.63. The number of carbonyl (C=O) groups excluding carboxylic acids is 1. The number of hydrogen-bond donors (Lipinski definition) is 1. The summed E-state index contributed by atoms with van der Waals surface area (Å²) in [7, 11) is 7.31. The Labute approximate surface area is 151 Å². The van der Waals surface area contributed by atoms with E-state index in [-0.39, 0.29) is 11.9 Å². The molecule has 1 amide bonds. The van der Waals surface area contributed by atoms with Crippen LogP contribution in [0.2, 0.25) is 0 Å². The van der Waals surface area contributed by atoms with Crippen LogP contribution in [-0.4, -0.2) is 45.7 Å². The number of likely N-dealkylation sites (N-methyl/N-ethyl adjacent to an activating group) is 1. The summed E-state index contributed by atoms with van der Waals surface area (Å²) in [6.07, 6.45) is 6.90. The largest absolute Gasteiger partial charge is 0.493 e. The second-order valence-electron chi connectivity index (χ2n) is 7.11. The molecule has 1 atom stereocenters. The molecule has 0 saturated heterocycles. The Hall–Kier alpha value is -1.75. The predicted octanol–water partition coefficient (Wildman–Crippen LogP) is 3.39. The van der Waals surface area contributed by atoms with Crippen molar-refractivity contribution in [2.75, 3.05) is 34.9 Å². The highest BCUT2D eigenvalue weighted by molar-refractivity contribution is 5.76. The van der Waals surface area contributed by atoms with Gasteiger partial charge in [-0.05, 0) is 50.6 Å². The van der Waals surface area contributed by atoms with E-state index in [1.807, 2.05) is 32.3 Å². The van der Waals surface area contributed by atoms with E-state index >= 15 is 0 Å². The highest BCUT2D eigenvalue weighted by atomic mass is 16.5. The summed E-state index contributed by atoms with van der Waals surface area (Å²) in [5.41, 5.74) is 1.10. The Morgan fingerprint density at radius 2 is 1.84 bits per heavy atom. The molecule has 0 radical (unpaired) electrons. The molecule has 25 heavy (non-hydrogen) atoms. The van der Waals surface area contributed by atoms with Crippen LogP contribution in [0.3, 0.4) is 0 Å². The first kappa shape index (κ1) is 19.6. The second kappa shape index (κ2) is 9.66. The molecule has 1 saturated carbocycles. The molecule has 0 bridgehead atoms. The van der Waals surface area contributed by atoms with Crippen molar-refractivity contribution >= 4 is 5.91 Å². The van der Waals surface area contributed by atoms with Gasteiger partial charge in [-0.3, -0.25) is 4.79 Å². The van der Waals surface area contributed by atoms with Gasteiger partial charge in [0.25, 0.3) is 0 Å². The zero-order valence-corrected chi connectivity index (χ0v) is 16.0. The lowest BCUT2D eigenvalue weighted by Gasteiger charge is -2.26. The Morgan fingerprint density at radius 3 is 2.44 bits per heavy atom. The van der Waals surface area contributed by atoms with Crippen molar-refractivity contribution in [1.29, 1.82) is 0 Å². The monoisotopic (exact) mass is 348 g/mol. The van der Waals surface area contributed by atoms with Gasteiger partial charge >= 0.3 is 0 Å². The number of benzene rings is 1. The first-order valence-electron chi connectivity index (χ1n) is 9.20. The lowest BCUT2D eigenvalue weighted by atomic mass is 9.87. The van der Waals surface area contributed by atoms with Gasteiger partial charge in [0.2, 0.25) is 5.91 Å². The maximum atomic E-state index is 12.3. The van der Waals surface area contributed by atoms with Gasteiger partial charge in [0.05, 0.1) is 20.3 Å². The maximum absolute atomic E-state index is 12.3. The number of ether oxygens (including phenoxy) is 2. The van der Waals surface area contributed by atoms with Crippen LogP contribution in [0.5, 0.6) is 11.5 Å². The molecule has 1 aromatic carbocycles. The summed E-state index contributed by atoms with van der Waals surface area (Å²) in [4.78, 5) is 14.4. The van der Waals surface area contributed by atoms with E-state index in [0.717, 1.165) is 5.56 Å². The van der Waals surface area contributed by atoms with Crippen LogP contribution in [0.1, 0.15) is 50.1 Å². The van der Waals surface area contributed by atoms with Crippen LogP contribution in [0.4, 0.5) is 0 Å². The van der Waals surface area contributed by atoms with E-state index < -0.39 is 0 Å². The number of amides is 1. The fraction of sp³-hybridized carbons (Fsp3) is 0.650. The molecule has 140 valence electrons. The Morgan fingerprint density at radius 1 is 1.16 bits per heavy atom. The van der Waals surface area contributed by atoms with Gasteiger partial charge in [-0.25, -0.2) is 0 Å². The number of methoxy groups -OCH3 is 2. The topological polar surface area (TPSA) is 50.8 Å². The van der Waals surface area contributed by atoms with Crippen molar-refractivity contribution in [3.05, 3.63) is 23.8 Å². The van der Waals surface area contributed by atoms with Crippen molar-refractivity contribution in [3.8, 4) is 11.5 Å². The lowest BCUT2D eigenvalue weighted by molar-refractivity contribution is -0.122. The number of nitrogens with zero attached hydrogens (tertiary/aromatic N) is 1. The third-order valence-electron chi connectivity index (χ3n) is 5.11. The van der Waals surface area contributed by atoms with Crippen molar-refractivity contribution in [2.45, 2.75) is 44.6 Å². The first-order chi connectivity index (χ1) is 12.0. The number of hydrogen-bond acceptors (Lipinski definition) is 4. The Kier molecular flexibility index (Phi) is 7.56. The molecule has 0 heterocycles. The molecule has 1 N–H and O–H groups in total. The summed E-state index contributed by atoms with van der Waals surface area (Å²) in [5.74, 6) is 2.15. The first-order valence-corrected chi connectivity index (χ1v) is 9.20. The minimum Gasteiger partial charge on any atom is -0.493 e. The second-order valence-corrected chi connectivity index (χ2v) is 7.11. The van der Waals surface area contributed by atoms with Gasteiger partial charge < -0.3 is 19.7 Å². The smallest absolute Gasteiger partial charge is 0.220 e. The van der Waals surface area contributed by atoms with E-state index in [2.05, 4.69) is 10.2 Å². The molecule has 5 nitrogen and oxygen atoms in total. The van der Waals surface area contributed by atoms with Gasteiger partial charge in [0, 0.05) is 13.0 Å². The van der Waals surface area contributed by atoms with Crippen LogP contribution in [0.15, 0.2) is 18.2 Å². The molecule has 0 unspecified atom stereocenters. The predicted molar refractivity (Wildman–Crippen MR) is 100 cm³/mol. The molecule has 1 aliphatic rings. The van der Waals surface area contributed by atoms with Crippen molar-refractivity contribution in [2.24, 2.45) is 5.92 Å². The van der Waals surface area contributed by atoms with Crippen molar-refractivity contribution in [3.63, 3.8) is 0 Å². The summed E-state index contributed by atoms with van der Waals surface area (Å²) < 4.78 is 10.7. The molecule has 2 rings (SSSR count). The van der Waals surface area contributed by atoms with E-state index in [9.17, 15) is 4.79 Å². The molecule has 5 heteroatoms. The minimum atomic E-state index is 0.0927. The fourth-order valence-electron chi connectivity index (χ4n) is 3.59. The normalized spacial score (nSPS) is 16.5. The van der Waals surface area contributed by atoms with Gasteiger partial charge in [-0.1, -0.05) is 25.3 Å². The number of carbonyl (C=O) groups is 1. The summed E-state index contributed by atoms with van der Waals surface area (Å²) >= 11 is 0. The van der Waals surface area contributed by atoms with Crippen molar-refractivity contribution < 1.29 is 14.3 Å². The molecular weight excluding hydrogens is 316 g/mol. The van der Waals surface area contributed by atoms with Gasteiger partial charge in [0.15, 0.2) is 11.5 Å². The molecule has 1 aromatic rings. The Balaban J connectivity index is 1.97. The minimum absolute atomic E-state index is 0.0927. The van der Waals surface area contributed by atoms with Crippen LogP contribution in [0, 0.1) is 5.92 Å². The zero-order chi connectivity index (χ0) is 18.2. The number of rotatable bonds is 8. The SMILES string of the molecule is COc1ccc([C@@H](CNC(=O)CC2CCCCC2)N(C)C)cc1OC. The van der Waals surface area contributed by atoms with Gasteiger partial charge in [-0.2, -0.15) is 0 Å². The molecular formula is C20H32N2O3. The van der Waals surface area contributed by atoms with E-state index in [1.54, 1.807) is 14.2 Å². The van der Waals surface area contributed by atoms with Crippen LogP contribution < -0.4 is 14.8 Å². The maximum Gasteiger partial charge on any atom is 0.220 e. The van der Waals surface area contributed by atoms with Crippen LogP contribution >= 0.6 is 0 Å². The van der Waals surface area contributed by atoms with Crippen LogP contribution in [0.25, 0.3) is 0 Å². The van der Waals surface area contributed by atoms with E-state index in [4.69, 9.17) is 9.47 Å². The fourth-order valence-corrected chi connectivity index (χ4v) is 3.59. The molecule has 1 aliphatic carbocycles. The molecule has 0 spiro atoms.